The highest BCUT2D eigenvalue weighted by molar-refractivity contribution is 6.10. The van der Waals surface area contributed by atoms with E-state index in [2.05, 4.69) is 11.8 Å². The molecule has 0 radical (unpaired) electrons. The lowest BCUT2D eigenvalue weighted by Crippen LogP contribution is -2.49. The molecule has 0 unspecified atom stereocenters. The third-order valence-electron chi connectivity index (χ3n) is 6.22. The molecule has 2 fully saturated rings. The number of benzene rings is 1. The number of halogens is 2. The third kappa shape index (κ3) is 4.10. The van der Waals surface area contributed by atoms with Crippen LogP contribution in [0.1, 0.15) is 60.8 Å². The summed E-state index contributed by atoms with van der Waals surface area (Å²) in [6.07, 6.45) is -1.73. The number of piperidine rings is 1. The molecule has 1 heterocycles. The predicted octanol–water partition coefficient (Wildman–Crippen LogP) is 3.56. The van der Waals surface area contributed by atoms with Crippen molar-refractivity contribution in [3.8, 4) is 11.8 Å². The molecule has 1 aromatic carbocycles. The van der Waals surface area contributed by atoms with Crippen molar-refractivity contribution in [2.45, 2.75) is 58.8 Å². The molecule has 2 aliphatic rings. The number of carbonyl (C=O) groups excluding carboxylic acids is 3. The van der Waals surface area contributed by atoms with Crippen molar-refractivity contribution < 1.29 is 23.2 Å². The van der Waals surface area contributed by atoms with Gasteiger partial charge >= 0.3 is 6.43 Å². The van der Waals surface area contributed by atoms with E-state index in [1.165, 1.54) is 0 Å². The maximum atomic E-state index is 13.1. The smallest absolute Gasteiger partial charge is 0.315 e. The minimum absolute atomic E-state index is 0.115. The van der Waals surface area contributed by atoms with Gasteiger partial charge in [-0.2, -0.15) is 8.78 Å². The number of ketones is 2. The average molecular weight is 401 g/mol. The number of hydrogen-bond acceptors (Lipinski definition) is 3. The Morgan fingerprint density at radius 1 is 1.10 bits per heavy atom. The van der Waals surface area contributed by atoms with Crippen LogP contribution in [0.2, 0.25) is 0 Å². The Morgan fingerprint density at radius 2 is 1.62 bits per heavy atom. The molecule has 1 spiro atoms. The molecule has 3 rings (SSSR count). The van der Waals surface area contributed by atoms with Gasteiger partial charge in [-0.25, -0.2) is 0 Å². The highest BCUT2D eigenvalue weighted by Crippen LogP contribution is 2.46. The van der Waals surface area contributed by atoms with Crippen molar-refractivity contribution in [3.05, 3.63) is 34.4 Å². The number of likely N-dealkylation sites (tertiary alicyclic amines) is 1. The van der Waals surface area contributed by atoms with E-state index in [9.17, 15) is 23.2 Å². The maximum Gasteiger partial charge on any atom is 0.315 e. The lowest BCUT2D eigenvalue weighted by molar-refractivity contribution is -0.147. The molecule has 6 heteroatoms. The molecular weight excluding hydrogens is 376 g/mol. The predicted molar refractivity (Wildman–Crippen MR) is 105 cm³/mol. The molecule has 1 saturated heterocycles. The van der Waals surface area contributed by atoms with Crippen LogP contribution in [-0.2, 0) is 14.4 Å². The van der Waals surface area contributed by atoms with Crippen LogP contribution in [0.25, 0.3) is 0 Å². The van der Waals surface area contributed by atoms with Gasteiger partial charge in [-0.05, 0) is 67.9 Å². The van der Waals surface area contributed by atoms with Crippen molar-refractivity contribution >= 4 is 17.5 Å². The van der Waals surface area contributed by atoms with E-state index in [0.717, 1.165) is 27.2 Å². The van der Waals surface area contributed by atoms with Crippen LogP contribution in [0, 0.1) is 31.1 Å². The summed E-state index contributed by atoms with van der Waals surface area (Å²) in [5.74, 6) is 3.68. The van der Waals surface area contributed by atoms with Crippen LogP contribution in [-0.4, -0.2) is 41.9 Å². The maximum absolute atomic E-state index is 13.1. The molecule has 0 aromatic heterocycles. The molecule has 1 amide bonds. The monoisotopic (exact) mass is 401 g/mol. The van der Waals surface area contributed by atoms with Gasteiger partial charge in [0.05, 0.1) is 0 Å². The first-order valence-electron chi connectivity index (χ1n) is 9.84. The summed E-state index contributed by atoms with van der Waals surface area (Å²) in [6, 6.07) is 3.80. The fourth-order valence-corrected chi connectivity index (χ4v) is 4.85. The van der Waals surface area contributed by atoms with E-state index in [1.807, 2.05) is 26.0 Å². The van der Waals surface area contributed by atoms with Gasteiger partial charge in [0.2, 0.25) is 0 Å². The molecule has 1 aliphatic heterocycles. The van der Waals surface area contributed by atoms with Crippen molar-refractivity contribution in [2.24, 2.45) is 5.41 Å². The van der Waals surface area contributed by atoms with Gasteiger partial charge in [0, 0.05) is 31.5 Å². The molecular formula is C23H25F2NO3. The van der Waals surface area contributed by atoms with Crippen molar-refractivity contribution in [1.82, 2.24) is 4.90 Å². The van der Waals surface area contributed by atoms with Gasteiger partial charge in [0.15, 0.2) is 0 Å². The molecule has 0 atom stereocenters. The summed E-state index contributed by atoms with van der Waals surface area (Å²) in [7, 11) is 0. The van der Waals surface area contributed by atoms with Crippen LogP contribution in [0.3, 0.4) is 0 Å². The number of amides is 1. The fourth-order valence-electron chi connectivity index (χ4n) is 4.85. The summed E-state index contributed by atoms with van der Waals surface area (Å²) < 4.78 is 25.3. The van der Waals surface area contributed by atoms with Crippen LogP contribution in [0.5, 0.6) is 0 Å². The zero-order chi connectivity index (χ0) is 21.3. The first-order valence-corrected chi connectivity index (χ1v) is 9.84. The summed E-state index contributed by atoms with van der Waals surface area (Å²) >= 11 is 0. The van der Waals surface area contributed by atoms with Gasteiger partial charge in [0.25, 0.3) is 5.91 Å². The number of nitrogens with zero attached hydrogens (tertiary/aromatic N) is 1. The van der Waals surface area contributed by atoms with Crippen molar-refractivity contribution in [2.75, 3.05) is 13.1 Å². The summed E-state index contributed by atoms with van der Waals surface area (Å²) in [6.45, 7) is 5.87. The van der Waals surface area contributed by atoms with E-state index in [4.69, 9.17) is 0 Å². The van der Waals surface area contributed by atoms with E-state index < -0.39 is 23.7 Å². The number of rotatable bonds is 2. The van der Waals surface area contributed by atoms with E-state index in [0.29, 0.717) is 12.8 Å². The summed E-state index contributed by atoms with van der Waals surface area (Å²) in [5, 5.41) is 0. The molecule has 0 bridgehead atoms. The largest absolute Gasteiger partial charge is 0.338 e. The Balaban J connectivity index is 1.80. The Morgan fingerprint density at radius 3 is 2.07 bits per heavy atom. The Bertz CT molecular complexity index is 875. The number of hydrogen-bond donors (Lipinski definition) is 0. The second kappa shape index (κ2) is 8.06. The molecule has 1 saturated carbocycles. The topological polar surface area (TPSA) is 54.5 Å². The minimum Gasteiger partial charge on any atom is -0.338 e. The Labute approximate surface area is 169 Å². The number of alkyl halides is 2. The van der Waals surface area contributed by atoms with Crippen LogP contribution >= 0.6 is 0 Å². The second-order valence-electron chi connectivity index (χ2n) is 8.24. The zero-order valence-electron chi connectivity index (χ0n) is 17.0. The van der Waals surface area contributed by atoms with Gasteiger partial charge in [-0.15, -0.1) is 5.92 Å². The first-order chi connectivity index (χ1) is 13.7. The SMILES string of the molecule is CC#Cc1cc(C)c(C2C(=O)CC3(CCN(C(=O)C(F)F)CC3)CC2=O)c(C)c1. The lowest BCUT2D eigenvalue weighted by Gasteiger charge is -2.44. The first kappa shape index (κ1) is 21.2. The molecule has 4 nitrogen and oxygen atoms in total. The molecule has 29 heavy (non-hydrogen) atoms. The third-order valence-corrected chi connectivity index (χ3v) is 6.22. The fraction of sp³-hybridized carbons (Fsp3) is 0.522. The van der Waals surface area contributed by atoms with Crippen LogP contribution in [0.15, 0.2) is 12.1 Å². The van der Waals surface area contributed by atoms with E-state index in [1.54, 1.807) is 6.92 Å². The van der Waals surface area contributed by atoms with Gasteiger partial charge in [0.1, 0.15) is 17.5 Å². The molecule has 0 N–H and O–H groups in total. The van der Waals surface area contributed by atoms with Crippen molar-refractivity contribution in [3.63, 3.8) is 0 Å². The van der Waals surface area contributed by atoms with Crippen LogP contribution < -0.4 is 0 Å². The van der Waals surface area contributed by atoms with Gasteiger partial charge in [-0.3, -0.25) is 14.4 Å². The van der Waals surface area contributed by atoms with Crippen molar-refractivity contribution in [1.29, 1.82) is 0 Å². The molecule has 154 valence electrons. The number of carbonyl (C=O) groups is 3. The minimum atomic E-state index is -3.02. The quantitative estimate of drug-likeness (QED) is 0.562. The number of Topliss-reactive ketones (excluding diaryl/α,β-unsaturated/α-hetero) is 2. The van der Waals surface area contributed by atoms with Gasteiger partial charge < -0.3 is 4.90 Å². The van der Waals surface area contributed by atoms with Crippen LogP contribution in [0.4, 0.5) is 8.78 Å². The summed E-state index contributed by atoms with van der Waals surface area (Å²) in [4.78, 5) is 38.8. The highest BCUT2D eigenvalue weighted by Gasteiger charge is 2.48. The lowest BCUT2D eigenvalue weighted by atomic mass is 9.62. The summed E-state index contributed by atoms with van der Waals surface area (Å²) in [5.41, 5.74) is 2.86. The second-order valence-corrected chi connectivity index (χ2v) is 8.24. The highest BCUT2D eigenvalue weighted by atomic mass is 19.3. The standard InChI is InChI=1S/C23H25F2NO3/c1-4-5-16-10-14(2)19(15(3)11-16)20-17(27)12-23(13-18(20)28)6-8-26(9-7-23)22(29)21(24)25/h10-11,20-21H,6-9,12-13H2,1-3H3. The Hall–Kier alpha value is -2.55. The van der Waals surface area contributed by atoms with E-state index in [-0.39, 0.29) is 37.5 Å². The molecule has 1 aromatic rings. The Kier molecular flexibility index (Phi) is 5.88. The molecule has 1 aliphatic carbocycles. The van der Waals surface area contributed by atoms with Gasteiger partial charge in [-0.1, -0.05) is 5.92 Å². The number of aryl methyl sites for hydroxylation is 2. The zero-order valence-corrected chi connectivity index (χ0v) is 17.0. The average Bonchev–Trinajstić information content (AvgIpc) is 2.63. The normalized spacial score (nSPS) is 19.4. The van der Waals surface area contributed by atoms with E-state index >= 15 is 0 Å².